The Kier molecular flexibility index (Phi) is 3.98. The zero-order chi connectivity index (χ0) is 8.97. The second-order valence-electron chi connectivity index (χ2n) is 3.60. The molecule has 0 aromatic heterocycles. The Morgan fingerprint density at radius 2 is 1.92 bits per heavy atom. The first-order valence-electron chi connectivity index (χ1n) is 4.72. The summed E-state index contributed by atoms with van der Waals surface area (Å²) in [5.41, 5.74) is 0. The van der Waals surface area contributed by atoms with Crippen LogP contribution in [0.5, 0.6) is 0 Å². The van der Waals surface area contributed by atoms with E-state index >= 15 is 0 Å². The lowest BCUT2D eigenvalue weighted by molar-refractivity contribution is -0.0423. The normalized spacial score (nSPS) is 36.8. The van der Waals surface area contributed by atoms with Crippen molar-refractivity contribution in [3.63, 3.8) is 0 Å². The van der Waals surface area contributed by atoms with Gasteiger partial charge < -0.3 is 15.2 Å². The molecule has 1 heterocycles. The molecule has 0 aliphatic carbocycles. The van der Waals surface area contributed by atoms with Crippen LogP contribution < -0.4 is 5.32 Å². The average Bonchev–Trinajstić information content (AvgIpc) is 1.99. The van der Waals surface area contributed by atoms with Crippen LogP contribution in [-0.2, 0) is 4.74 Å². The van der Waals surface area contributed by atoms with Crippen LogP contribution in [0.15, 0.2) is 0 Å². The van der Waals surface area contributed by atoms with E-state index in [2.05, 4.69) is 19.2 Å². The number of ether oxygens (including phenoxy) is 1. The summed E-state index contributed by atoms with van der Waals surface area (Å²) in [5.74, 6) is 0. The first-order chi connectivity index (χ1) is 5.72. The zero-order valence-corrected chi connectivity index (χ0v) is 7.92. The quantitative estimate of drug-likeness (QED) is 0.654. The van der Waals surface area contributed by atoms with Crippen molar-refractivity contribution in [3.8, 4) is 0 Å². The molecule has 1 rings (SSSR count). The Bertz CT molecular complexity index is 120. The number of hydrogen-bond acceptors (Lipinski definition) is 3. The Hall–Kier alpha value is -0.120. The maximum atomic E-state index is 8.63. The number of nitrogens with one attached hydrogen (secondary N) is 1. The van der Waals surface area contributed by atoms with E-state index in [1.54, 1.807) is 0 Å². The van der Waals surface area contributed by atoms with Crippen LogP contribution in [0, 0.1) is 0 Å². The number of aliphatic hydroxyl groups is 1. The molecule has 12 heavy (non-hydrogen) atoms. The Balaban J connectivity index is 2.24. The summed E-state index contributed by atoms with van der Waals surface area (Å²) in [4.78, 5) is 0. The molecule has 0 spiro atoms. The molecule has 0 saturated carbocycles. The van der Waals surface area contributed by atoms with E-state index in [4.69, 9.17) is 9.84 Å². The van der Waals surface area contributed by atoms with Gasteiger partial charge in [-0.1, -0.05) is 0 Å². The van der Waals surface area contributed by atoms with E-state index < -0.39 is 0 Å². The van der Waals surface area contributed by atoms with Gasteiger partial charge in [0.25, 0.3) is 0 Å². The summed E-state index contributed by atoms with van der Waals surface area (Å²) < 4.78 is 5.59. The highest BCUT2D eigenvalue weighted by atomic mass is 16.5. The molecule has 3 atom stereocenters. The summed E-state index contributed by atoms with van der Waals surface area (Å²) in [6.45, 7) is 5.12. The molecular formula is C9H19NO2. The van der Waals surface area contributed by atoms with Crippen LogP contribution in [0.3, 0.4) is 0 Å². The molecular weight excluding hydrogens is 154 g/mol. The third-order valence-electron chi connectivity index (χ3n) is 2.24. The minimum absolute atomic E-state index is 0.222. The maximum absolute atomic E-state index is 8.63. The summed E-state index contributed by atoms with van der Waals surface area (Å²) in [5, 5.41) is 11.9. The monoisotopic (exact) mass is 173 g/mol. The lowest BCUT2D eigenvalue weighted by Crippen LogP contribution is -2.42. The molecule has 1 saturated heterocycles. The summed E-state index contributed by atoms with van der Waals surface area (Å²) in [6.07, 6.45) is 2.82. The van der Waals surface area contributed by atoms with Crippen LogP contribution in [0.2, 0.25) is 0 Å². The standard InChI is InChI=1S/C9H19NO2/c1-7-5-9(10-3-4-11)6-8(2)12-7/h7-11H,3-6H2,1-2H3/t7-,8+,9?. The second-order valence-corrected chi connectivity index (χ2v) is 3.60. The highest BCUT2D eigenvalue weighted by molar-refractivity contribution is 4.78. The van der Waals surface area contributed by atoms with Gasteiger partial charge in [-0.15, -0.1) is 0 Å². The summed E-state index contributed by atoms with van der Waals surface area (Å²) in [7, 11) is 0. The lowest BCUT2D eigenvalue weighted by atomic mass is 10.00. The van der Waals surface area contributed by atoms with Crippen molar-refractivity contribution in [1.82, 2.24) is 5.32 Å². The summed E-state index contributed by atoms with van der Waals surface area (Å²) in [6, 6.07) is 0.524. The van der Waals surface area contributed by atoms with Crippen LogP contribution in [0.4, 0.5) is 0 Å². The van der Waals surface area contributed by atoms with Crippen LogP contribution in [0.1, 0.15) is 26.7 Å². The Labute approximate surface area is 74.1 Å². The average molecular weight is 173 g/mol. The molecule has 2 N–H and O–H groups in total. The van der Waals surface area contributed by atoms with Gasteiger partial charge in [-0.25, -0.2) is 0 Å². The Morgan fingerprint density at radius 3 is 2.42 bits per heavy atom. The van der Waals surface area contributed by atoms with Gasteiger partial charge >= 0.3 is 0 Å². The van der Waals surface area contributed by atoms with Crippen molar-refractivity contribution < 1.29 is 9.84 Å². The number of aliphatic hydroxyl groups excluding tert-OH is 1. The van der Waals surface area contributed by atoms with Gasteiger partial charge in [0.05, 0.1) is 18.8 Å². The highest BCUT2D eigenvalue weighted by Crippen LogP contribution is 2.18. The fourth-order valence-electron chi connectivity index (χ4n) is 1.84. The summed E-state index contributed by atoms with van der Waals surface area (Å²) >= 11 is 0. The number of hydrogen-bond donors (Lipinski definition) is 2. The van der Waals surface area contributed by atoms with E-state index in [9.17, 15) is 0 Å². The molecule has 0 aromatic carbocycles. The van der Waals surface area contributed by atoms with Gasteiger partial charge in [0.1, 0.15) is 0 Å². The smallest absolute Gasteiger partial charge is 0.0565 e. The molecule has 1 aliphatic heterocycles. The molecule has 1 fully saturated rings. The largest absolute Gasteiger partial charge is 0.395 e. The first kappa shape index (κ1) is 9.96. The van der Waals surface area contributed by atoms with Gasteiger partial charge in [-0.05, 0) is 26.7 Å². The topological polar surface area (TPSA) is 41.5 Å². The van der Waals surface area contributed by atoms with E-state index in [0.717, 1.165) is 12.8 Å². The Morgan fingerprint density at radius 1 is 1.33 bits per heavy atom. The molecule has 72 valence electrons. The molecule has 3 heteroatoms. The maximum Gasteiger partial charge on any atom is 0.0565 e. The van der Waals surface area contributed by atoms with Gasteiger partial charge in [0.15, 0.2) is 0 Å². The van der Waals surface area contributed by atoms with Gasteiger partial charge in [0, 0.05) is 12.6 Å². The van der Waals surface area contributed by atoms with Gasteiger partial charge in [-0.3, -0.25) is 0 Å². The highest BCUT2D eigenvalue weighted by Gasteiger charge is 2.23. The van der Waals surface area contributed by atoms with E-state index in [-0.39, 0.29) is 6.61 Å². The van der Waals surface area contributed by atoms with Gasteiger partial charge in [0.2, 0.25) is 0 Å². The first-order valence-corrected chi connectivity index (χ1v) is 4.72. The van der Waals surface area contributed by atoms with Crippen molar-refractivity contribution in [1.29, 1.82) is 0 Å². The molecule has 0 aromatic rings. The SMILES string of the molecule is C[C@@H]1CC(NCCO)C[C@H](C)O1. The minimum atomic E-state index is 0.222. The van der Waals surface area contributed by atoms with E-state index in [0.29, 0.717) is 24.8 Å². The van der Waals surface area contributed by atoms with E-state index in [1.807, 2.05) is 0 Å². The van der Waals surface area contributed by atoms with Crippen molar-refractivity contribution in [3.05, 3.63) is 0 Å². The zero-order valence-electron chi connectivity index (χ0n) is 7.92. The van der Waals surface area contributed by atoms with Crippen molar-refractivity contribution in [2.45, 2.75) is 44.9 Å². The minimum Gasteiger partial charge on any atom is -0.395 e. The molecule has 0 bridgehead atoms. The van der Waals surface area contributed by atoms with Crippen LogP contribution in [-0.4, -0.2) is 36.5 Å². The number of rotatable bonds is 3. The predicted octanol–water partition coefficient (Wildman–Crippen LogP) is 0.524. The van der Waals surface area contributed by atoms with Crippen LogP contribution in [0.25, 0.3) is 0 Å². The predicted molar refractivity (Wildman–Crippen MR) is 48.1 cm³/mol. The molecule has 0 amide bonds. The third-order valence-corrected chi connectivity index (χ3v) is 2.24. The molecule has 3 nitrogen and oxygen atoms in total. The van der Waals surface area contributed by atoms with E-state index in [1.165, 1.54) is 0 Å². The van der Waals surface area contributed by atoms with Crippen molar-refractivity contribution >= 4 is 0 Å². The fourth-order valence-corrected chi connectivity index (χ4v) is 1.84. The van der Waals surface area contributed by atoms with Crippen molar-refractivity contribution in [2.75, 3.05) is 13.2 Å². The molecule has 0 radical (unpaired) electrons. The van der Waals surface area contributed by atoms with Gasteiger partial charge in [-0.2, -0.15) is 0 Å². The lowest BCUT2D eigenvalue weighted by Gasteiger charge is -2.32. The van der Waals surface area contributed by atoms with Crippen LogP contribution >= 0.6 is 0 Å². The molecule has 1 unspecified atom stereocenters. The molecule has 1 aliphatic rings. The second kappa shape index (κ2) is 4.80. The third kappa shape index (κ3) is 3.09. The van der Waals surface area contributed by atoms with Crippen molar-refractivity contribution in [2.24, 2.45) is 0 Å². The fraction of sp³-hybridized carbons (Fsp3) is 1.00.